The summed E-state index contributed by atoms with van der Waals surface area (Å²) in [5, 5.41) is 0. The number of nitrogens with one attached hydrogen (secondary N) is 1. The Morgan fingerprint density at radius 2 is 2.31 bits per heavy atom. The van der Waals surface area contributed by atoms with Crippen LogP contribution in [0.5, 0.6) is 0 Å². The second-order valence-electron chi connectivity index (χ2n) is 3.17. The largest absolute Gasteiger partial charge is 0.416 e. The molecule has 0 fully saturated rings. The second kappa shape index (κ2) is 4.12. The lowest BCUT2D eigenvalue weighted by Crippen LogP contribution is -1.94. The molecule has 0 aromatic carbocycles. The van der Waals surface area contributed by atoms with Crippen molar-refractivity contribution in [3.8, 4) is 0 Å². The molecule has 1 heterocycles. The number of H-pyrrole nitrogens is 1. The van der Waals surface area contributed by atoms with Gasteiger partial charge >= 0.3 is 5.76 Å². The lowest BCUT2D eigenvalue weighted by molar-refractivity contribution is 0.466. The van der Waals surface area contributed by atoms with Crippen molar-refractivity contribution in [2.45, 2.75) is 33.1 Å². The minimum absolute atomic E-state index is 0.366. The molecule has 3 heteroatoms. The first-order valence-electron chi connectivity index (χ1n) is 4.48. The maximum absolute atomic E-state index is 10.8. The number of aromatic nitrogens is 1. The van der Waals surface area contributed by atoms with Crippen LogP contribution in [0.3, 0.4) is 0 Å². The summed E-state index contributed by atoms with van der Waals surface area (Å²) in [7, 11) is 0. The Labute approximate surface area is 77.5 Å². The minimum Gasteiger partial charge on any atom is -0.413 e. The normalized spacial score (nSPS) is 10.3. The van der Waals surface area contributed by atoms with Gasteiger partial charge in [-0.3, -0.25) is 4.98 Å². The fourth-order valence-electron chi connectivity index (χ4n) is 1.14. The van der Waals surface area contributed by atoms with Crippen LogP contribution in [0.25, 0.3) is 0 Å². The molecule has 3 nitrogen and oxygen atoms in total. The Morgan fingerprint density at radius 3 is 2.77 bits per heavy atom. The van der Waals surface area contributed by atoms with Gasteiger partial charge < -0.3 is 4.42 Å². The molecule has 0 saturated carbocycles. The SMILES string of the molecule is C=C(CC)CCc1oc(=O)[nH]c1C. The van der Waals surface area contributed by atoms with E-state index in [9.17, 15) is 4.79 Å². The van der Waals surface area contributed by atoms with Crippen molar-refractivity contribution in [1.29, 1.82) is 0 Å². The van der Waals surface area contributed by atoms with Gasteiger partial charge in [-0.25, -0.2) is 4.79 Å². The van der Waals surface area contributed by atoms with E-state index in [2.05, 4.69) is 18.5 Å². The highest BCUT2D eigenvalue weighted by Crippen LogP contribution is 2.11. The van der Waals surface area contributed by atoms with Crippen molar-refractivity contribution in [3.05, 3.63) is 34.2 Å². The summed E-state index contributed by atoms with van der Waals surface area (Å²) in [5.74, 6) is 0.384. The maximum Gasteiger partial charge on any atom is 0.416 e. The second-order valence-corrected chi connectivity index (χ2v) is 3.17. The Hall–Kier alpha value is -1.25. The summed E-state index contributed by atoms with van der Waals surface area (Å²) in [6.07, 6.45) is 2.63. The van der Waals surface area contributed by atoms with E-state index in [1.165, 1.54) is 5.57 Å². The summed E-state index contributed by atoms with van der Waals surface area (Å²) < 4.78 is 4.96. The molecule has 1 aromatic heterocycles. The van der Waals surface area contributed by atoms with Gasteiger partial charge in [-0.05, 0) is 19.8 Å². The summed E-state index contributed by atoms with van der Waals surface area (Å²) in [4.78, 5) is 13.4. The van der Waals surface area contributed by atoms with Gasteiger partial charge in [0, 0.05) is 6.42 Å². The third-order valence-electron chi connectivity index (χ3n) is 2.13. The molecule has 0 aliphatic carbocycles. The van der Waals surface area contributed by atoms with Gasteiger partial charge in [0.15, 0.2) is 0 Å². The quantitative estimate of drug-likeness (QED) is 0.723. The summed E-state index contributed by atoms with van der Waals surface area (Å²) in [6, 6.07) is 0. The first kappa shape index (κ1) is 9.84. The topological polar surface area (TPSA) is 46.0 Å². The van der Waals surface area contributed by atoms with Crippen molar-refractivity contribution in [1.82, 2.24) is 4.98 Å². The van der Waals surface area contributed by atoms with Crippen LogP contribution in [0.1, 0.15) is 31.2 Å². The van der Waals surface area contributed by atoms with Crippen molar-refractivity contribution >= 4 is 0 Å². The van der Waals surface area contributed by atoms with Crippen LogP contribution in [0.15, 0.2) is 21.4 Å². The lowest BCUT2D eigenvalue weighted by atomic mass is 10.1. The van der Waals surface area contributed by atoms with Gasteiger partial charge in [-0.1, -0.05) is 19.1 Å². The van der Waals surface area contributed by atoms with Crippen molar-refractivity contribution in [2.24, 2.45) is 0 Å². The zero-order chi connectivity index (χ0) is 9.84. The molecule has 0 aliphatic heterocycles. The van der Waals surface area contributed by atoms with Gasteiger partial charge in [0.25, 0.3) is 0 Å². The van der Waals surface area contributed by atoms with E-state index in [1.807, 2.05) is 6.92 Å². The molecule has 1 rings (SSSR count). The number of hydrogen-bond acceptors (Lipinski definition) is 2. The maximum atomic E-state index is 10.8. The van der Waals surface area contributed by atoms with Gasteiger partial charge in [0.1, 0.15) is 5.76 Å². The van der Waals surface area contributed by atoms with E-state index in [-0.39, 0.29) is 5.76 Å². The Balaban J connectivity index is 2.59. The van der Waals surface area contributed by atoms with Gasteiger partial charge in [-0.2, -0.15) is 0 Å². The molecule has 0 bridgehead atoms. The van der Waals surface area contributed by atoms with Crippen molar-refractivity contribution in [3.63, 3.8) is 0 Å². The molecule has 0 unspecified atom stereocenters. The number of aryl methyl sites for hydroxylation is 2. The molecule has 0 atom stereocenters. The van der Waals surface area contributed by atoms with E-state index in [1.54, 1.807) is 0 Å². The average molecular weight is 181 g/mol. The molecule has 13 heavy (non-hydrogen) atoms. The summed E-state index contributed by atoms with van der Waals surface area (Å²) in [5.41, 5.74) is 2.01. The monoisotopic (exact) mass is 181 g/mol. The van der Waals surface area contributed by atoms with Crippen LogP contribution in [0.2, 0.25) is 0 Å². The third kappa shape index (κ3) is 2.61. The summed E-state index contributed by atoms with van der Waals surface area (Å²) in [6.45, 7) is 7.81. The smallest absolute Gasteiger partial charge is 0.413 e. The van der Waals surface area contributed by atoms with Crippen LogP contribution in [-0.4, -0.2) is 4.98 Å². The Morgan fingerprint density at radius 1 is 1.62 bits per heavy atom. The van der Waals surface area contributed by atoms with Crippen LogP contribution in [-0.2, 0) is 6.42 Å². The third-order valence-corrected chi connectivity index (χ3v) is 2.13. The van der Waals surface area contributed by atoms with Crippen LogP contribution >= 0.6 is 0 Å². The highest BCUT2D eigenvalue weighted by atomic mass is 16.4. The number of rotatable bonds is 4. The van der Waals surface area contributed by atoms with E-state index in [4.69, 9.17) is 4.42 Å². The van der Waals surface area contributed by atoms with E-state index in [0.29, 0.717) is 0 Å². The van der Waals surface area contributed by atoms with Crippen molar-refractivity contribution in [2.75, 3.05) is 0 Å². The molecule has 0 saturated heterocycles. The van der Waals surface area contributed by atoms with Gasteiger partial charge in [-0.15, -0.1) is 0 Å². The molecule has 0 spiro atoms. The molecule has 0 amide bonds. The minimum atomic E-state index is -0.366. The Bertz CT molecular complexity index is 346. The van der Waals surface area contributed by atoms with E-state index < -0.39 is 0 Å². The molecular formula is C10H15NO2. The first-order valence-corrected chi connectivity index (χ1v) is 4.48. The first-order chi connectivity index (χ1) is 6.13. The summed E-state index contributed by atoms with van der Waals surface area (Å²) >= 11 is 0. The Kier molecular flexibility index (Phi) is 3.12. The lowest BCUT2D eigenvalue weighted by Gasteiger charge is -1.99. The number of hydrogen-bond donors (Lipinski definition) is 1. The molecule has 0 radical (unpaired) electrons. The predicted octanol–water partition coefficient (Wildman–Crippen LogP) is 2.18. The number of oxazole rings is 1. The zero-order valence-corrected chi connectivity index (χ0v) is 8.14. The highest BCUT2D eigenvalue weighted by Gasteiger charge is 2.05. The van der Waals surface area contributed by atoms with E-state index >= 15 is 0 Å². The van der Waals surface area contributed by atoms with Crippen LogP contribution in [0.4, 0.5) is 0 Å². The van der Waals surface area contributed by atoms with Crippen molar-refractivity contribution < 1.29 is 4.42 Å². The van der Waals surface area contributed by atoms with Crippen LogP contribution < -0.4 is 5.76 Å². The molecule has 1 N–H and O–H groups in total. The molecule has 1 aromatic rings. The fourth-order valence-corrected chi connectivity index (χ4v) is 1.14. The highest BCUT2D eigenvalue weighted by molar-refractivity contribution is 5.07. The molecule has 0 aliphatic rings. The number of aromatic amines is 1. The fraction of sp³-hybridized carbons (Fsp3) is 0.500. The van der Waals surface area contributed by atoms with Gasteiger partial charge in [0.05, 0.1) is 5.69 Å². The van der Waals surface area contributed by atoms with Gasteiger partial charge in [0.2, 0.25) is 0 Å². The molecular weight excluding hydrogens is 166 g/mol. The predicted molar refractivity (Wildman–Crippen MR) is 51.8 cm³/mol. The average Bonchev–Trinajstić information content (AvgIpc) is 2.41. The van der Waals surface area contributed by atoms with Crippen LogP contribution in [0, 0.1) is 6.92 Å². The standard InChI is InChI=1S/C10H15NO2/c1-4-7(2)5-6-9-8(3)11-10(12)13-9/h2,4-6H2,1,3H3,(H,11,12). The number of allylic oxidation sites excluding steroid dienone is 1. The van der Waals surface area contributed by atoms with E-state index in [0.717, 1.165) is 30.7 Å². The molecule has 72 valence electrons. The zero-order valence-electron chi connectivity index (χ0n) is 8.14.